The molecule has 0 aromatic heterocycles. The van der Waals surface area contributed by atoms with Crippen molar-refractivity contribution in [2.24, 2.45) is 0 Å². The predicted octanol–water partition coefficient (Wildman–Crippen LogP) is 4.06. The maximum Gasteiger partial charge on any atom is 0.308 e. The number of halogens is 1. The number of esters is 1. The van der Waals surface area contributed by atoms with Crippen LogP contribution >= 0.6 is 23.4 Å². The van der Waals surface area contributed by atoms with Crippen LogP contribution in [0.3, 0.4) is 0 Å². The van der Waals surface area contributed by atoms with E-state index in [4.69, 9.17) is 16.3 Å². The number of hydrogen-bond acceptors (Lipinski definition) is 4. The molecule has 0 aliphatic rings. The van der Waals surface area contributed by atoms with Gasteiger partial charge in [0.1, 0.15) is 5.75 Å². The van der Waals surface area contributed by atoms with E-state index in [1.54, 1.807) is 18.2 Å². The second kappa shape index (κ2) is 5.63. The van der Waals surface area contributed by atoms with E-state index in [1.165, 1.54) is 13.8 Å². The lowest BCUT2D eigenvalue weighted by molar-refractivity contribution is -0.131. The molecule has 0 amide bonds. The first-order valence-corrected chi connectivity index (χ1v) is 6.75. The van der Waals surface area contributed by atoms with Crippen molar-refractivity contribution in [3.63, 3.8) is 0 Å². The van der Waals surface area contributed by atoms with Gasteiger partial charge in [-0.25, -0.2) is 0 Å². The summed E-state index contributed by atoms with van der Waals surface area (Å²) in [6, 6.07) is 8.85. The van der Waals surface area contributed by atoms with Gasteiger partial charge in [-0.05, 0) is 29.7 Å². The van der Waals surface area contributed by atoms with Gasteiger partial charge in [0.2, 0.25) is 0 Å². The molecule has 0 radical (unpaired) electrons. The van der Waals surface area contributed by atoms with Crippen molar-refractivity contribution in [2.45, 2.75) is 18.7 Å². The van der Waals surface area contributed by atoms with Gasteiger partial charge in [-0.15, -0.1) is 0 Å². The first-order chi connectivity index (χ1) is 8.95. The molecule has 3 nitrogen and oxygen atoms in total. The summed E-state index contributed by atoms with van der Waals surface area (Å²) in [6.07, 6.45) is 0. The standard InChI is InChI=1S/C14H11ClO3S/c1-8(16)18-14-7-12(19-9(2)17)5-10-3-4-11(15)6-13(10)14/h3-7H,1-2H3. The minimum absolute atomic E-state index is 0.0258. The smallest absolute Gasteiger partial charge is 0.308 e. The quantitative estimate of drug-likeness (QED) is 0.476. The van der Waals surface area contributed by atoms with Crippen LogP contribution in [-0.2, 0) is 9.59 Å². The fourth-order valence-electron chi connectivity index (χ4n) is 1.73. The normalized spacial score (nSPS) is 10.5. The van der Waals surface area contributed by atoms with E-state index < -0.39 is 5.97 Å². The number of thioether (sulfide) groups is 1. The summed E-state index contributed by atoms with van der Waals surface area (Å²) in [4.78, 5) is 23.1. The summed E-state index contributed by atoms with van der Waals surface area (Å²) in [6.45, 7) is 2.82. The molecule has 0 aliphatic heterocycles. The Labute approximate surface area is 119 Å². The van der Waals surface area contributed by atoms with E-state index >= 15 is 0 Å². The van der Waals surface area contributed by atoms with Gasteiger partial charge in [0.15, 0.2) is 5.12 Å². The SMILES string of the molecule is CC(=O)Oc1cc(SC(C)=O)cc2ccc(Cl)cc12. The number of rotatable bonds is 2. The van der Waals surface area contributed by atoms with Crippen molar-refractivity contribution in [2.75, 3.05) is 0 Å². The van der Waals surface area contributed by atoms with Crippen molar-refractivity contribution < 1.29 is 14.3 Å². The molecule has 0 N–H and O–H groups in total. The van der Waals surface area contributed by atoms with Crippen LogP contribution in [-0.4, -0.2) is 11.1 Å². The highest BCUT2D eigenvalue weighted by atomic mass is 35.5. The van der Waals surface area contributed by atoms with E-state index in [0.717, 1.165) is 27.4 Å². The lowest BCUT2D eigenvalue weighted by Gasteiger charge is -2.09. The number of hydrogen-bond donors (Lipinski definition) is 0. The Hall–Kier alpha value is -1.52. The minimum atomic E-state index is -0.411. The maximum absolute atomic E-state index is 11.2. The molecule has 2 rings (SSSR count). The summed E-state index contributed by atoms with van der Waals surface area (Å²) in [5.41, 5.74) is 0. The summed E-state index contributed by atoms with van der Waals surface area (Å²) < 4.78 is 5.18. The molecule has 2 aromatic rings. The van der Waals surface area contributed by atoms with Crippen LogP contribution in [0.5, 0.6) is 5.75 Å². The Morgan fingerprint density at radius 1 is 1.16 bits per heavy atom. The molecular formula is C14H11ClO3S. The highest BCUT2D eigenvalue weighted by Gasteiger charge is 2.10. The molecule has 0 heterocycles. The monoisotopic (exact) mass is 294 g/mol. The van der Waals surface area contributed by atoms with Gasteiger partial charge in [-0.3, -0.25) is 9.59 Å². The van der Waals surface area contributed by atoms with Crippen molar-refractivity contribution in [3.05, 3.63) is 35.4 Å². The Kier molecular flexibility index (Phi) is 4.12. The van der Waals surface area contributed by atoms with E-state index in [-0.39, 0.29) is 5.12 Å². The fourth-order valence-corrected chi connectivity index (χ4v) is 2.59. The van der Waals surface area contributed by atoms with Gasteiger partial charge in [0.25, 0.3) is 0 Å². The molecule has 19 heavy (non-hydrogen) atoms. The van der Waals surface area contributed by atoms with Crippen LogP contribution in [0, 0.1) is 0 Å². The van der Waals surface area contributed by atoms with Crippen LogP contribution in [0.4, 0.5) is 0 Å². The van der Waals surface area contributed by atoms with Crippen molar-refractivity contribution in [3.8, 4) is 5.75 Å². The number of carbonyl (C=O) groups is 2. The zero-order chi connectivity index (χ0) is 14.0. The zero-order valence-electron chi connectivity index (χ0n) is 10.4. The van der Waals surface area contributed by atoms with Gasteiger partial charge in [0, 0.05) is 29.2 Å². The van der Waals surface area contributed by atoms with Crippen LogP contribution in [0.25, 0.3) is 10.8 Å². The van der Waals surface area contributed by atoms with Crippen molar-refractivity contribution >= 4 is 45.2 Å². The van der Waals surface area contributed by atoms with Crippen molar-refractivity contribution in [1.82, 2.24) is 0 Å². The van der Waals surface area contributed by atoms with Crippen LogP contribution in [0.2, 0.25) is 5.02 Å². The molecule has 0 bridgehead atoms. The molecule has 0 aliphatic carbocycles. The third-order valence-electron chi connectivity index (χ3n) is 2.37. The van der Waals surface area contributed by atoms with Gasteiger partial charge >= 0.3 is 5.97 Å². The molecule has 0 unspecified atom stereocenters. The first-order valence-electron chi connectivity index (χ1n) is 5.56. The molecular weight excluding hydrogens is 284 g/mol. The summed E-state index contributed by atoms with van der Waals surface area (Å²) in [7, 11) is 0. The third kappa shape index (κ3) is 3.49. The van der Waals surface area contributed by atoms with E-state index in [0.29, 0.717) is 10.8 Å². The van der Waals surface area contributed by atoms with Gasteiger partial charge in [-0.1, -0.05) is 29.4 Å². The first kappa shape index (κ1) is 13.9. The largest absolute Gasteiger partial charge is 0.426 e. The van der Waals surface area contributed by atoms with Gasteiger partial charge in [0.05, 0.1) is 0 Å². The number of fused-ring (bicyclic) bond motifs is 1. The highest BCUT2D eigenvalue weighted by molar-refractivity contribution is 8.13. The number of benzene rings is 2. The maximum atomic E-state index is 11.2. The number of carbonyl (C=O) groups excluding carboxylic acids is 2. The lowest BCUT2D eigenvalue weighted by Crippen LogP contribution is -2.02. The summed E-state index contributed by atoms with van der Waals surface area (Å²) in [5, 5.41) is 2.15. The van der Waals surface area contributed by atoms with E-state index in [9.17, 15) is 9.59 Å². The fraction of sp³-hybridized carbons (Fsp3) is 0.143. The third-order valence-corrected chi connectivity index (χ3v) is 3.36. The van der Waals surface area contributed by atoms with Crippen LogP contribution in [0.15, 0.2) is 35.2 Å². The second-order valence-corrected chi connectivity index (χ2v) is 5.66. The minimum Gasteiger partial charge on any atom is -0.426 e. The molecule has 0 saturated carbocycles. The van der Waals surface area contributed by atoms with Gasteiger partial charge in [-0.2, -0.15) is 0 Å². The molecule has 98 valence electrons. The van der Waals surface area contributed by atoms with E-state index in [2.05, 4.69) is 0 Å². The summed E-state index contributed by atoms with van der Waals surface area (Å²) in [5.74, 6) is 0.00232. The average molecular weight is 295 g/mol. The molecule has 5 heteroatoms. The Bertz CT molecular complexity index is 667. The highest BCUT2D eigenvalue weighted by Crippen LogP contribution is 2.34. The second-order valence-electron chi connectivity index (χ2n) is 3.97. The summed E-state index contributed by atoms with van der Waals surface area (Å²) >= 11 is 7.05. The average Bonchev–Trinajstić information content (AvgIpc) is 2.28. The lowest BCUT2D eigenvalue weighted by atomic mass is 10.1. The van der Waals surface area contributed by atoms with Gasteiger partial charge < -0.3 is 4.74 Å². The zero-order valence-corrected chi connectivity index (χ0v) is 12.0. The Morgan fingerprint density at radius 3 is 2.53 bits per heavy atom. The molecule has 0 saturated heterocycles. The molecule has 2 aromatic carbocycles. The van der Waals surface area contributed by atoms with Crippen LogP contribution < -0.4 is 4.74 Å². The Balaban J connectivity index is 2.61. The molecule has 0 atom stereocenters. The van der Waals surface area contributed by atoms with Crippen molar-refractivity contribution in [1.29, 1.82) is 0 Å². The number of ether oxygens (including phenoxy) is 1. The Morgan fingerprint density at radius 2 is 1.89 bits per heavy atom. The molecule has 0 spiro atoms. The predicted molar refractivity (Wildman–Crippen MR) is 76.8 cm³/mol. The molecule has 0 fully saturated rings. The van der Waals surface area contributed by atoms with Crippen LogP contribution in [0.1, 0.15) is 13.8 Å². The van der Waals surface area contributed by atoms with E-state index in [1.807, 2.05) is 12.1 Å². The topological polar surface area (TPSA) is 43.4 Å².